The Balaban J connectivity index is 1.14. The Bertz CT molecular complexity index is 3160. The maximum absolute atomic E-state index is 6.56. The van der Waals surface area contributed by atoms with Crippen molar-refractivity contribution in [1.82, 2.24) is 19.9 Å². The van der Waals surface area contributed by atoms with Gasteiger partial charge in [-0.25, -0.2) is 19.9 Å². The predicted molar refractivity (Wildman–Crippen MR) is 215 cm³/mol. The van der Waals surface area contributed by atoms with Crippen molar-refractivity contribution in [3.05, 3.63) is 158 Å². The molecule has 0 aliphatic carbocycles. The van der Waals surface area contributed by atoms with Gasteiger partial charge in [0.1, 0.15) is 27.3 Å². The lowest BCUT2D eigenvalue weighted by Crippen LogP contribution is -2.00. The Kier molecular flexibility index (Phi) is 6.62. The molecule has 0 amide bonds. The molecule has 0 atom stereocenters. The number of aromatic nitrogens is 4. The van der Waals surface area contributed by atoms with E-state index in [4.69, 9.17) is 28.8 Å². The predicted octanol–water partition coefficient (Wildman–Crippen LogP) is 12.6. The monoisotopic (exact) mass is 698 g/mol. The van der Waals surface area contributed by atoms with Gasteiger partial charge in [-0.15, -0.1) is 11.3 Å². The third kappa shape index (κ3) is 4.86. The fraction of sp³-hybridized carbons (Fsp3) is 0. The Morgan fingerprint density at radius 1 is 0.396 bits per heavy atom. The van der Waals surface area contributed by atoms with Gasteiger partial charge in [0.2, 0.25) is 0 Å². The molecule has 7 heteroatoms. The fourth-order valence-electron chi connectivity index (χ4n) is 7.37. The third-order valence-electron chi connectivity index (χ3n) is 9.79. The maximum Gasteiger partial charge on any atom is 0.167 e. The summed E-state index contributed by atoms with van der Waals surface area (Å²) in [6.45, 7) is 0. The quantitative estimate of drug-likeness (QED) is 0.178. The van der Waals surface area contributed by atoms with Crippen molar-refractivity contribution >= 4 is 65.4 Å². The first-order chi connectivity index (χ1) is 26.2. The smallest absolute Gasteiger partial charge is 0.167 e. The third-order valence-corrected chi connectivity index (χ3v) is 10.9. The molecule has 0 saturated carbocycles. The van der Waals surface area contributed by atoms with Crippen molar-refractivity contribution in [3.63, 3.8) is 0 Å². The normalized spacial score (nSPS) is 11.8. The lowest BCUT2D eigenvalue weighted by molar-refractivity contribution is 0.668. The van der Waals surface area contributed by atoms with Gasteiger partial charge in [0, 0.05) is 38.2 Å². The van der Waals surface area contributed by atoms with Gasteiger partial charge < -0.3 is 8.83 Å². The Labute approximate surface area is 306 Å². The molecule has 248 valence electrons. The van der Waals surface area contributed by atoms with Gasteiger partial charge in [-0.05, 0) is 53.6 Å². The van der Waals surface area contributed by atoms with E-state index in [0.29, 0.717) is 17.5 Å². The molecule has 7 aromatic carbocycles. The molecule has 11 aromatic rings. The number of nitrogens with zero attached hydrogens (tertiary/aromatic N) is 4. The van der Waals surface area contributed by atoms with Crippen LogP contribution in [0, 0.1) is 0 Å². The lowest BCUT2D eigenvalue weighted by atomic mass is 9.96. The highest BCUT2D eigenvalue weighted by molar-refractivity contribution is 7.21. The number of rotatable bonds is 5. The standard InChI is InChI=1S/C46H26N4O2S/c1-2-12-27(13-3-1)43-48-44(50-45(49-43)34-20-9-18-32-31-16-4-6-22-36(31)52-42(32)34)33-19-11-24-38-41(33)40-30(17-10-23-37(40)51-38)28-14-8-15-29(26-28)46-47-35-21-5-7-25-39(35)53-46/h1-26H. The molecule has 0 radical (unpaired) electrons. The molecule has 0 unspecified atom stereocenters. The maximum atomic E-state index is 6.56. The van der Waals surface area contributed by atoms with Crippen LogP contribution in [0.1, 0.15) is 0 Å². The first kappa shape index (κ1) is 29.7. The van der Waals surface area contributed by atoms with Crippen LogP contribution >= 0.6 is 11.3 Å². The zero-order chi connectivity index (χ0) is 34.9. The van der Waals surface area contributed by atoms with Crippen LogP contribution in [-0.2, 0) is 0 Å². The number of benzene rings is 7. The van der Waals surface area contributed by atoms with Gasteiger partial charge in [-0.2, -0.15) is 0 Å². The van der Waals surface area contributed by atoms with Crippen LogP contribution in [-0.4, -0.2) is 19.9 Å². The van der Waals surface area contributed by atoms with Crippen molar-refractivity contribution in [2.75, 3.05) is 0 Å². The van der Waals surface area contributed by atoms with Crippen molar-refractivity contribution in [3.8, 4) is 55.9 Å². The molecule has 0 saturated heterocycles. The minimum absolute atomic E-state index is 0.534. The molecule has 0 aliphatic rings. The zero-order valence-corrected chi connectivity index (χ0v) is 28.8. The van der Waals surface area contributed by atoms with Gasteiger partial charge >= 0.3 is 0 Å². The van der Waals surface area contributed by atoms with E-state index in [0.717, 1.165) is 87.8 Å². The average molecular weight is 699 g/mol. The fourth-order valence-corrected chi connectivity index (χ4v) is 8.33. The van der Waals surface area contributed by atoms with E-state index >= 15 is 0 Å². The molecule has 0 N–H and O–H groups in total. The average Bonchev–Trinajstić information content (AvgIpc) is 3.94. The summed E-state index contributed by atoms with van der Waals surface area (Å²) in [6.07, 6.45) is 0. The first-order valence-electron chi connectivity index (χ1n) is 17.4. The summed E-state index contributed by atoms with van der Waals surface area (Å²) in [5.74, 6) is 1.66. The van der Waals surface area contributed by atoms with E-state index in [2.05, 4.69) is 66.7 Å². The van der Waals surface area contributed by atoms with E-state index < -0.39 is 0 Å². The Morgan fingerprint density at radius 2 is 1.00 bits per heavy atom. The van der Waals surface area contributed by atoms with Crippen molar-refractivity contribution < 1.29 is 8.83 Å². The molecule has 53 heavy (non-hydrogen) atoms. The SMILES string of the molecule is c1ccc(-c2nc(-c3cccc4c3oc3ccccc34)nc(-c3cccc4oc5cccc(-c6cccc(-c7nc8ccccc8s7)c6)c5c34)n2)cc1. The second-order valence-electron chi connectivity index (χ2n) is 13.0. The summed E-state index contributed by atoms with van der Waals surface area (Å²) in [6, 6.07) is 53.4. The van der Waals surface area contributed by atoms with E-state index in [9.17, 15) is 0 Å². The molecule has 4 aromatic heterocycles. The Hall–Kier alpha value is -6.96. The summed E-state index contributed by atoms with van der Waals surface area (Å²) < 4.78 is 14.2. The van der Waals surface area contributed by atoms with Gasteiger partial charge in [0.05, 0.1) is 15.8 Å². The molecular weight excluding hydrogens is 673 g/mol. The summed E-state index contributed by atoms with van der Waals surface area (Å²) in [4.78, 5) is 20.3. The number of furan rings is 2. The molecular formula is C46H26N4O2S. The highest BCUT2D eigenvalue weighted by Crippen LogP contribution is 2.43. The number of thiazole rings is 1. The molecule has 6 nitrogen and oxygen atoms in total. The van der Waals surface area contributed by atoms with Crippen LogP contribution in [0.2, 0.25) is 0 Å². The first-order valence-corrected chi connectivity index (χ1v) is 18.2. The number of fused-ring (bicyclic) bond motifs is 7. The summed E-state index contributed by atoms with van der Waals surface area (Å²) in [5.41, 5.74) is 9.88. The zero-order valence-electron chi connectivity index (χ0n) is 28.0. The molecule has 0 bridgehead atoms. The minimum Gasteiger partial charge on any atom is -0.456 e. The molecule has 0 aliphatic heterocycles. The van der Waals surface area contributed by atoms with Crippen LogP contribution in [0.4, 0.5) is 0 Å². The van der Waals surface area contributed by atoms with E-state index in [1.54, 1.807) is 11.3 Å². The van der Waals surface area contributed by atoms with Crippen LogP contribution in [0.15, 0.2) is 167 Å². The van der Waals surface area contributed by atoms with Crippen LogP contribution < -0.4 is 0 Å². The summed E-state index contributed by atoms with van der Waals surface area (Å²) >= 11 is 1.70. The number of hydrogen-bond donors (Lipinski definition) is 0. The van der Waals surface area contributed by atoms with Gasteiger partial charge in [-0.1, -0.05) is 115 Å². The van der Waals surface area contributed by atoms with Crippen molar-refractivity contribution in [2.45, 2.75) is 0 Å². The van der Waals surface area contributed by atoms with Crippen LogP contribution in [0.25, 0.3) is 110 Å². The van der Waals surface area contributed by atoms with E-state index in [-0.39, 0.29) is 0 Å². The highest BCUT2D eigenvalue weighted by atomic mass is 32.1. The molecule has 11 rings (SSSR count). The largest absolute Gasteiger partial charge is 0.456 e. The van der Waals surface area contributed by atoms with Gasteiger partial charge in [-0.3, -0.25) is 0 Å². The number of hydrogen-bond acceptors (Lipinski definition) is 7. The summed E-state index contributed by atoms with van der Waals surface area (Å²) in [5, 5.41) is 5.01. The lowest BCUT2D eigenvalue weighted by Gasteiger charge is -2.10. The second kappa shape index (κ2) is 11.8. The molecule has 0 fully saturated rings. The molecule has 0 spiro atoms. The highest BCUT2D eigenvalue weighted by Gasteiger charge is 2.22. The van der Waals surface area contributed by atoms with Crippen molar-refractivity contribution in [2.24, 2.45) is 0 Å². The van der Waals surface area contributed by atoms with Gasteiger partial charge in [0.15, 0.2) is 17.5 Å². The second-order valence-corrected chi connectivity index (χ2v) is 14.0. The van der Waals surface area contributed by atoms with E-state index in [1.165, 1.54) is 4.70 Å². The molecule has 4 heterocycles. The number of para-hydroxylation sites is 3. The van der Waals surface area contributed by atoms with Gasteiger partial charge in [0.25, 0.3) is 0 Å². The van der Waals surface area contributed by atoms with Crippen molar-refractivity contribution in [1.29, 1.82) is 0 Å². The Morgan fingerprint density at radius 3 is 1.87 bits per heavy atom. The summed E-state index contributed by atoms with van der Waals surface area (Å²) in [7, 11) is 0. The topological polar surface area (TPSA) is 77.8 Å². The van der Waals surface area contributed by atoms with Crippen LogP contribution in [0.5, 0.6) is 0 Å². The van der Waals surface area contributed by atoms with Crippen LogP contribution in [0.3, 0.4) is 0 Å². The van der Waals surface area contributed by atoms with E-state index in [1.807, 2.05) is 91.0 Å². The minimum atomic E-state index is 0.534.